The summed E-state index contributed by atoms with van der Waals surface area (Å²) in [5.74, 6) is 0.920. The largest absolute Gasteiger partial charge is 0.345 e. The highest BCUT2D eigenvalue weighted by Crippen LogP contribution is 2.28. The van der Waals surface area contributed by atoms with Crippen molar-refractivity contribution in [2.75, 3.05) is 33.7 Å². The lowest BCUT2D eigenvalue weighted by Gasteiger charge is -2.32. The zero-order valence-corrected chi connectivity index (χ0v) is 15.8. The average molecular weight is 366 g/mol. The van der Waals surface area contributed by atoms with Crippen LogP contribution in [0.2, 0.25) is 0 Å². The zero-order valence-electron chi connectivity index (χ0n) is 15.0. The Hall–Kier alpha value is -1.59. The predicted octanol–water partition coefficient (Wildman–Crippen LogP) is 2.41. The van der Waals surface area contributed by atoms with Crippen LogP contribution in [0, 0.1) is 5.92 Å². The third-order valence-electron chi connectivity index (χ3n) is 4.96. The molecule has 1 aliphatic carbocycles. The van der Waals surface area contributed by atoms with Crippen molar-refractivity contribution in [1.29, 1.82) is 0 Å². The van der Waals surface area contributed by atoms with Crippen LogP contribution in [0.3, 0.4) is 0 Å². The molecule has 1 aliphatic heterocycles. The molecule has 1 saturated heterocycles. The maximum atomic E-state index is 12.6. The van der Waals surface area contributed by atoms with E-state index in [9.17, 15) is 9.59 Å². The Morgan fingerprint density at radius 3 is 2.12 bits per heavy atom. The second kappa shape index (κ2) is 8.68. The van der Waals surface area contributed by atoms with Gasteiger partial charge in [-0.25, -0.2) is 0 Å². The van der Waals surface area contributed by atoms with E-state index in [0.29, 0.717) is 17.2 Å². The molecule has 1 heterocycles. The summed E-state index contributed by atoms with van der Waals surface area (Å²) in [6, 6.07) is 7.54. The van der Waals surface area contributed by atoms with E-state index in [-0.39, 0.29) is 24.2 Å². The standard InChI is InChI=1S/C19H27N3O2.ClH/c1-21(2)18(23)15-5-7-16(8-6-15)19(24)22-11-9-17(10-12-22)20-13-14-3-4-14;/h5-8,14,17,20H,3-4,9-13H2,1-2H3;1H. The number of rotatable bonds is 5. The van der Waals surface area contributed by atoms with Crippen LogP contribution in [0.15, 0.2) is 24.3 Å². The summed E-state index contributed by atoms with van der Waals surface area (Å²) in [6.07, 6.45) is 4.79. The van der Waals surface area contributed by atoms with Crippen LogP contribution >= 0.6 is 12.4 Å². The Morgan fingerprint density at radius 2 is 1.60 bits per heavy atom. The Bertz CT molecular complexity index is 591. The van der Waals surface area contributed by atoms with Crippen molar-refractivity contribution >= 4 is 24.2 Å². The van der Waals surface area contributed by atoms with E-state index in [0.717, 1.165) is 38.4 Å². The van der Waals surface area contributed by atoms with Gasteiger partial charge >= 0.3 is 0 Å². The number of piperidine rings is 1. The number of likely N-dealkylation sites (tertiary alicyclic amines) is 1. The topological polar surface area (TPSA) is 52.7 Å². The molecule has 0 unspecified atom stereocenters. The van der Waals surface area contributed by atoms with E-state index >= 15 is 0 Å². The first-order valence-electron chi connectivity index (χ1n) is 8.89. The van der Waals surface area contributed by atoms with Gasteiger partial charge in [0.25, 0.3) is 11.8 Å². The number of halogens is 1. The first-order chi connectivity index (χ1) is 11.5. The molecule has 1 aromatic carbocycles. The van der Waals surface area contributed by atoms with Gasteiger partial charge in [0.1, 0.15) is 0 Å². The number of benzene rings is 1. The number of amides is 2. The fraction of sp³-hybridized carbons (Fsp3) is 0.579. The van der Waals surface area contributed by atoms with Gasteiger partial charge in [-0.2, -0.15) is 0 Å². The normalized spacial score (nSPS) is 17.8. The van der Waals surface area contributed by atoms with Crippen molar-refractivity contribution in [3.05, 3.63) is 35.4 Å². The van der Waals surface area contributed by atoms with E-state index in [1.807, 2.05) is 4.90 Å². The van der Waals surface area contributed by atoms with Gasteiger partial charge in [0.15, 0.2) is 0 Å². The lowest BCUT2D eigenvalue weighted by Crippen LogP contribution is -2.45. The second-order valence-electron chi connectivity index (χ2n) is 7.20. The number of carbonyl (C=O) groups excluding carboxylic acids is 2. The van der Waals surface area contributed by atoms with Gasteiger partial charge in [0.05, 0.1) is 0 Å². The average Bonchev–Trinajstić information content (AvgIpc) is 3.43. The molecule has 0 spiro atoms. The van der Waals surface area contributed by atoms with Gasteiger partial charge in [0.2, 0.25) is 0 Å². The van der Waals surface area contributed by atoms with Crippen LogP contribution in [-0.2, 0) is 0 Å². The molecule has 138 valence electrons. The van der Waals surface area contributed by atoms with Crippen molar-refractivity contribution in [1.82, 2.24) is 15.1 Å². The van der Waals surface area contributed by atoms with E-state index < -0.39 is 0 Å². The molecule has 6 heteroatoms. The highest BCUT2D eigenvalue weighted by molar-refractivity contribution is 5.97. The number of hydrogen-bond acceptors (Lipinski definition) is 3. The predicted molar refractivity (Wildman–Crippen MR) is 101 cm³/mol. The lowest BCUT2D eigenvalue weighted by molar-refractivity contribution is 0.0704. The molecule has 2 aliphatic rings. The first kappa shape index (κ1) is 19.7. The quantitative estimate of drug-likeness (QED) is 0.871. The van der Waals surface area contributed by atoms with Crippen LogP contribution < -0.4 is 5.32 Å². The smallest absolute Gasteiger partial charge is 0.253 e. The molecule has 1 aromatic rings. The van der Waals surface area contributed by atoms with Crippen molar-refractivity contribution < 1.29 is 9.59 Å². The fourth-order valence-corrected chi connectivity index (χ4v) is 3.14. The van der Waals surface area contributed by atoms with E-state index in [4.69, 9.17) is 0 Å². The van der Waals surface area contributed by atoms with Gasteiger partial charge in [-0.1, -0.05) is 0 Å². The molecule has 25 heavy (non-hydrogen) atoms. The van der Waals surface area contributed by atoms with E-state index in [2.05, 4.69) is 5.32 Å². The van der Waals surface area contributed by atoms with E-state index in [1.54, 1.807) is 38.4 Å². The summed E-state index contributed by atoms with van der Waals surface area (Å²) in [6.45, 7) is 2.75. The maximum absolute atomic E-state index is 12.6. The Balaban J connectivity index is 0.00000225. The summed E-state index contributed by atoms with van der Waals surface area (Å²) < 4.78 is 0. The highest BCUT2D eigenvalue weighted by Gasteiger charge is 2.26. The molecule has 3 rings (SSSR count). The lowest BCUT2D eigenvalue weighted by atomic mass is 10.0. The summed E-state index contributed by atoms with van der Waals surface area (Å²) in [7, 11) is 3.45. The molecule has 0 radical (unpaired) electrons. The van der Waals surface area contributed by atoms with Crippen LogP contribution in [0.4, 0.5) is 0 Å². The van der Waals surface area contributed by atoms with Gasteiger partial charge < -0.3 is 15.1 Å². The molecule has 0 bridgehead atoms. The molecular formula is C19H28ClN3O2. The number of nitrogens with one attached hydrogen (secondary N) is 1. The third-order valence-corrected chi connectivity index (χ3v) is 4.96. The van der Waals surface area contributed by atoms with Crippen molar-refractivity contribution in [3.63, 3.8) is 0 Å². The summed E-state index contributed by atoms with van der Waals surface area (Å²) in [5, 5.41) is 3.63. The highest BCUT2D eigenvalue weighted by atomic mass is 35.5. The summed E-state index contributed by atoms with van der Waals surface area (Å²) in [4.78, 5) is 28.0. The van der Waals surface area contributed by atoms with Crippen LogP contribution in [0.5, 0.6) is 0 Å². The van der Waals surface area contributed by atoms with Gasteiger partial charge in [0, 0.05) is 44.4 Å². The minimum Gasteiger partial charge on any atom is -0.345 e. The number of nitrogens with zero attached hydrogens (tertiary/aromatic N) is 2. The number of hydrogen-bond donors (Lipinski definition) is 1. The molecule has 2 amide bonds. The second-order valence-corrected chi connectivity index (χ2v) is 7.20. The molecule has 5 nitrogen and oxygen atoms in total. The van der Waals surface area contributed by atoms with E-state index in [1.165, 1.54) is 17.7 Å². The molecular weight excluding hydrogens is 338 g/mol. The molecule has 1 saturated carbocycles. The fourth-order valence-electron chi connectivity index (χ4n) is 3.14. The van der Waals surface area contributed by atoms with Crippen LogP contribution in [0.25, 0.3) is 0 Å². The van der Waals surface area contributed by atoms with Gasteiger partial charge in [-0.3, -0.25) is 9.59 Å². The molecule has 0 aromatic heterocycles. The Labute approximate surface area is 156 Å². The first-order valence-corrected chi connectivity index (χ1v) is 8.89. The maximum Gasteiger partial charge on any atom is 0.253 e. The van der Waals surface area contributed by atoms with Crippen LogP contribution in [-0.4, -0.2) is 61.4 Å². The molecule has 2 fully saturated rings. The van der Waals surface area contributed by atoms with Crippen molar-refractivity contribution in [2.45, 2.75) is 31.7 Å². The van der Waals surface area contributed by atoms with Gasteiger partial charge in [-0.15, -0.1) is 12.4 Å². The summed E-state index contributed by atoms with van der Waals surface area (Å²) in [5.41, 5.74) is 1.27. The molecule has 0 atom stereocenters. The van der Waals surface area contributed by atoms with Crippen LogP contribution in [0.1, 0.15) is 46.4 Å². The Kier molecular flexibility index (Phi) is 6.85. The van der Waals surface area contributed by atoms with Crippen molar-refractivity contribution in [3.8, 4) is 0 Å². The minimum absolute atomic E-state index is 0. The number of carbonyl (C=O) groups is 2. The molecule has 1 N–H and O–H groups in total. The minimum atomic E-state index is -0.0449. The zero-order chi connectivity index (χ0) is 17.1. The third kappa shape index (κ3) is 5.19. The van der Waals surface area contributed by atoms with Gasteiger partial charge in [-0.05, 0) is 62.4 Å². The Morgan fingerprint density at radius 1 is 1.04 bits per heavy atom. The summed E-state index contributed by atoms with van der Waals surface area (Å²) >= 11 is 0. The SMILES string of the molecule is CN(C)C(=O)c1ccc(C(=O)N2CCC(NCC3CC3)CC2)cc1.Cl. The monoisotopic (exact) mass is 365 g/mol. The van der Waals surface area contributed by atoms with Crippen molar-refractivity contribution in [2.24, 2.45) is 5.92 Å².